The van der Waals surface area contributed by atoms with Crippen molar-refractivity contribution in [3.8, 4) is 0 Å². The Morgan fingerprint density at radius 3 is 2.84 bits per heavy atom. The zero-order valence-corrected chi connectivity index (χ0v) is 12.3. The van der Waals surface area contributed by atoms with Crippen molar-refractivity contribution in [2.75, 3.05) is 13.1 Å². The molecule has 1 saturated heterocycles. The van der Waals surface area contributed by atoms with Gasteiger partial charge in [-0.2, -0.15) is 4.31 Å². The number of hydrogen-bond acceptors (Lipinski definition) is 4. The maximum absolute atomic E-state index is 12.5. The molecule has 5 nitrogen and oxygen atoms in total. The molecule has 7 heteroatoms. The average Bonchev–Trinajstić information content (AvgIpc) is 2.50. The maximum Gasteiger partial charge on any atom is 0.243 e. The van der Waals surface area contributed by atoms with E-state index >= 15 is 0 Å². The first-order valence-corrected chi connectivity index (χ1v) is 7.97. The number of hydrogen-bond donors (Lipinski definition) is 1. The van der Waals surface area contributed by atoms with Crippen molar-refractivity contribution in [2.45, 2.75) is 36.7 Å². The van der Waals surface area contributed by atoms with Crippen molar-refractivity contribution < 1.29 is 13.5 Å². The summed E-state index contributed by atoms with van der Waals surface area (Å²) >= 11 is 5.73. The van der Waals surface area contributed by atoms with Gasteiger partial charge in [0.1, 0.15) is 5.15 Å². The molecule has 1 aromatic rings. The van der Waals surface area contributed by atoms with Crippen LogP contribution in [0.1, 0.15) is 26.2 Å². The van der Waals surface area contributed by atoms with Crippen molar-refractivity contribution in [2.24, 2.45) is 0 Å². The van der Waals surface area contributed by atoms with Crippen molar-refractivity contribution in [3.05, 3.63) is 23.5 Å². The molecule has 1 atom stereocenters. The van der Waals surface area contributed by atoms with E-state index in [9.17, 15) is 13.5 Å². The van der Waals surface area contributed by atoms with Crippen LogP contribution < -0.4 is 0 Å². The summed E-state index contributed by atoms with van der Waals surface area (Å²) in [5.41, 5.74) is -0.792. The minimum absolute atomic E-state index is 0.147. The predicted molar refractivity (Wildman–Crippen MR) is 72.5 cm³/mol. The Bertz CT molecular complexity index is 560. The highest BCUT2D eigenvalue weighted by atomic mass is 35.5. The van der Waals surface area contributed by atoms with Crippen LogP contribution in [0.5, 0.6) is 0 Å². The highest BCUT2D eigenvalue weighted by molar-refractivity contribution is 7.89. The molecule has 0 aromatic carbocycles. The van der Waals surface area contributed by atoms with Gasteiger partial charge < -0.3 is 5.11 Å². The van der Waals surface area contributed by atoms with Gasteiger partial charge in [-0.15, -0.1) is 0 Å². The first-order valence-electron chi connectivity index (χ1n) is 6.15. The molecule has 1 aliphatic rings. The first kappa shape index (κ1) is 14.7. The molecule has 1 fully saturated rings. The van der Waals surface area contributed by atoms with Gasteiger partial charge in [-0.3, -0.25) is 0 Å². The van der Waals surface area contributed by atoms with Gasteiger partial charge in [0.15, 0.2) is 0 Å². The van der Waals surface area contributed by atoms with Crippen LogP contribution in [0.15, 0.2) is 23.2 Å². The van der Waals surface area contributed by atoms with E-state index in [0.717, 1.165) is 0 Å². The molecular formula is C12H17ClN2O3S. The Morgan fingerprint density at radius 2 is 2.16 bits per heavy atom. The molecule has 0 bridgehead atoms. The van der Waals surface area contributed by atoms with Crippen LogP contribution in [0.2, 0.25) is 5.15 Å². The quantitative estimate of drug-likeness (QED) is 0.844. The lowest BCUT2D eigenvalue weighted by molar-refractivity contribution is 0.0465. The molecule has 1 unspecified atom stereocenters. The third-order valence-electron chi connectivity index (χ3n) is 3.36. The zero-order chi connectivity index (χ0) is 14.1. The number of pyridine rings is 1. The van der Waals surface area contributed by atoms with Crippen molar-refractivity contribution >= 4 is 21.6 Å². The first-order chi connectivity index (χ1) is 8.81. The fourth-order valence-corrected chi connectivity index (χ4v) is 3.90. The van der Waals surface area contributed by atoms with E-state index in [-0.39, 0.29) is 10.0 Å². The number of halogens is 1. The van der Waals surface area contributed by atoms with Gasteiger partial charge in [-0.05, 0) is 38.3 Å². The molecule has 0 spiro atoms. The second-order valence-electron chi connectivity index (χ2n) is 5.07. The van der Waals surface area contributed by atoms with E-state index in [1.54, 1.807) is 6.92 Å². The van der Waals surface area contributed by atoms with Gasteiger partial charge >= 0.3 is 0 Å². The Kier molecular flexibility index (Phi) is 4.15. The summed E-state index contributed by atoms with van der Waals surface area (Å²) < 4.78 is 26.3. The van der Waals surface area contributed by atoms with Gasteiger partial charge in [-0.25, -0.2) is 13.4 Å². The normalized spacial score (nSPS) is 26.1. The lowest BCUT2D eigenvalue weighted by Gasteiger charge is -2.22. The number of nitrogens with zero attached hydrogens (tertiary/aromatic N) is 2. The van der Waals surface area contributed by atoms with Crippen LogP contribution in [-0.4, -0.2) is 41.5 Å². The number of aliphatic hydroxyl groups is 1. The third-order valence-corrected chi connectivity index (χ3v) is 5.46. The van der Waals surface area contributed by atoms with E-state index in [4.69, 9.17) is 11.6 Å². The molecule has 0 saturated carbocycles. The Morgan fingerprint density at radius 1 is 1.42 bits per heavy atom. The smallest absolute Gasteiger partial charge is 0.243 e. The van der Waals surface area contributed by atoms with Gasteiger partial charge in [0.25, 0.3) is 0 Å². The largest absolute Gasteiger partial charge is 0.390 e. The monoisotopic (exact) mass is 304 g/mol. The SMILES string of the molecule is CC1(O)CCCN(S(=O)(=O)c2ccnc(Cl)c2)CC1. The van der Waals surface area contributed by atoms with Crippen LogP contribution in [0, 0.1) is 0 Å². The predicted octanol–water partition coefficient (Wildman–Crippen LogP) is 1.66. The Hall–Kier alpha value is -0.690. The van der Waals surface area contributed by atoms with Gasteiger partial charge in [0.05, 0.1) is 10.5 Å². The highest BCUT2D eigenvalue weighted by Gasteiger charge is 2.31. The van der Waals surface area contributed by atoms with Gasteiger partial charge in [0, 0.05) is 19.3 Å². The summed E-state index contributed by atoms with van der Waals surface area (Å²) in [7, 11) is -3.56. The van der Waals surface area contributed by atoms with E-state index in [0.29, 0.717) is 32.4 Å². The van der Waals surface area contributed by atoms with E-state index in [1.807, 2.05) is 0 Å². The lowest BCUT2D eigenvalue weighted by Crippen LogP contribution is -2.33. The van der Waals surface area contributed by atoms with Crippen LogP contribution in [0.3, 0.4) is 0 Å². The molecule has 0 radical (unpaired) electrons. The van der Waals surface area contributed by atoms with Crippen molar-refractivity contribution in [1.82, 2.24) is 9.29 Å². The topological polar surface area (TPSA) is 70.5 Å². The Labute approximate surface area is 118 Å². The number of aromatic nitrogens is 1. The minimum Gasteiger partial charge on any atom is -0.390 e. The fraction of sp³-hybridized carbons (Fsp3) is 0.583. The van der Waals surface area contributed by atoms with E-state index in [1.165, 1.54) is 22.6 Å². The Balaban J connectivity index is 2.25. The van der Waals surface area contributed by atoms with E-state index in [2.05, 4.69) is 4.98 Å². The van der Waals surface area contributed by atoms with Crippen LogP contribution in [0.25, 0.3) is 0 Å². The molecule has 19 heavy (non-hydrogen) atoms. The lowest BCUT2D eigenvalue weighted by atomic mass is 9.98. The molecule has 2 heterocycles. The van der Waals surface area contributed by atoms with Crippen molar-refractivity contribution in [3.63, 3.8) is 0 Å². The van der Waals surface area contributed by atoms with Gasteiger partial charge in [0.2, 0.25) is 10.0 Å². The molecule has 2 rings (SSSR count). The standard InChI is InChI=1S/C12H17ClN2O3S/c1-12(16)4-2-7-15(8-5-12)19(17,18)10-3-6-14-11(13)9-10/h3,6,9,16H,2,4-5,7-8H2,1H3. The molecule has 106 valence electrons. The second kappa shape index (κ2) is 5.36. The maximum atomic E-state index is 12.5. The van der Waals surface area contributed by atoms with Crippen LogP contribution >= 0.6 is 11.6 Å². The number of sulfonamides is 1. The van der Waals surface area contributed by atoms with Crippen LogP contribution in [0.4, 0.5) is 0 Å². The summed E-state index contributed by atoms with van der Waals surface area (Å²) in [5.74, 6) is 0. The number of rotatable bonds is 2. The highest BCUT2D eigenvalue weighted by Crippen LogP contribution is 2.26. The zero-order valence-electron chi connectivity index (χ0n) is 10.7. The molecule has 1 N–H and O–H groups in total. The molecule has 1 aliphatic heterocycles. The molecule has 0 aliphatic carbocycles. The summed E-state index contributed by atoms with van der Waals surface area (Å²) in [6.45, 7) is 2.47. The third kappa shape index (κ3) is 3.45. The van der Waals surface area contributed by atoms with Crippen molar-refractivity contribution in [1.29, 1.82) is 0 Å². The minimum atomic E-state index is -3.56. The van der Waals surface area contributed by atoms with E-state index < -0.39 is 15.6 Å². The van der Waals surface area contributed by atoms with Crippen LogP contribution in [-0.2, 0) is 10.0 Å². The molecular weight excluding hydrogens is 288 g/mol. The molecule has 1 aromatic heterocycles. The molecule has 0 amide bonds. The second-order valence-corrected chi connectivity index (χ2v) is 7.39. The summed E-state index contributed by atoms with van der Waals surface area (Å²) in [6, 6.07) is 2.78. The van der Waals surface area contributed by atoms with Gasteiger partial charge in [-0.1, -0.05) is 11.6 Å². The summed E-state index contributed by atoms with van der Waals surface area (Å²) in [4.78, 5) is 3.93. The summed E-state index contributed by atoms with van der Waals surface area (Å²) in [6.07, 6.45) is 3.06. The fourth-order valence-electron chi connectivity index (χ4n) is 2.17. The summed E-state index contributed by atoms with van der Waals surface area (Å²) in [5, 5.41) is 10.2. The average molecular weight is 305 g/mol.